The van der Waals surface area contributed by atoms with Gasteiger partial charge >= 0.3 is 0 Å². The van der Waals surface area contributed by atoms with E-state index in [-0.39, 0.29) is 10.8 Å². The minimum Gasteiger partial charge on any atom is -0.375 e. The molecule has 0 amide bonds. The zero-order chi connectivity index (χ0) is 16.3. The molecule has 0 aromatic carbocycles. The maximum Gasteiger partial charge on any atom is 0.178 e. The van der Waals surface area contributed by atoms with E-state index >= 15 is 0 Å². The first-order chi connectivity index (χ1) is 11.1. The van der Waals surface area contributed by atoms with Crippen molar-refractivity contribution in [3.63, 3.8) is 0 Å². The molecule has 0 radical (unpaired) electrons. The quantitative estimate of drug-likeness (QED) is 0.380. The molecule has 5 nitrogen and oxygen atoms in total. The number of nitriles is 1. The van der Waals surface area contributed by atoms with Gasteiger partial charge in [0.2, 0.25) is 0 Å². The third kappa shape index (κ3) is 3.60. The van der Waals surface area contributed by atoms with Gasteiger partial charge in [0.1, 0.15) is 16.7 Å². The van der Waals surface area contributed by atoms with Crippen molar-refractivity contribution in [2.45, 2.75) is 63.5 Å². The van der Waals surface area contributed by atoms with Gasteiger partial charge in [-0.25, -0.2) is 5.43 Å². The highest BCUT2D eigenvalue weighted by Crippen LogP contribution is 2.40. The van der Waals surface area contributed by atoms with Crippen molar-refractivity contribution < 1.29 is 0 Å². The van der Waals surface area contributed by atoms with E-state index < -0.39 is 0 Å². The number of rotatable bonds is 4. The number of hydrazine groups is 1. The zero-order valence-electron chi connectivity index (χ0n) is 13.2. The van der Waals surface area contributed by atoms with Crippen molar-refractivity contribution in [3.8, 4) is 6.07 Å². The molecule has 124 valence electrons. The van der Waals surface area contributed by atoms with Gasteiger partial charge in [-0.05, 0) is 69.1 Å². The predicted molar refractivity (Wildman–Crippen MR) is 98.2 cm³/mol. The molecular formula is C16H23N5S2. The Morgan fingerprint density at radius 3 is 2.61 bits per heavy atom. The summed E-state index contributed by atoms with van der Waals surface area (Å²) in [5, 5.41) is 14.5. The van der Waals surface area contributed by atoms with E-state index in [9.17, 15) is 5.26 Å². The Hall–Kier alpha value is -1.36. The predicted octanol–water partition coefficient (Wildman–Crippen LogP) is 2.91. The molecule has 0 aliphatic heterocycles. The van der Waals surface area contributed by atoms with E-state index in [1.165, 1.54) is 29.7 Å². The molecule has 7 heteroatoms. The number of hydrogen-bond acceptors (Lipinski definition) is 5. The van der Waals surface area contributed by atoms with Crippen LogP contribution in [0, 0.1) is 11.3 Å². The molecule has 1 saturated carbocycles. The average molecular weight is 350 g/mol. The zero-order valence-corrected chi connectivity index (χ0v) is 14.8. The number of fused-ring (bicyclic) bond motifs is 1. The molecule has 0 bridgehead atoms. The van der Waals surface area contributed by atoms with Crippen molar-refractivity contribution in [1.29, 1.82) is 5.26 Å². The fourth-order valence-electron chi connectivity index (χ4n) is 3.61. The van der Waals surface area contributed by atoms with Gasteiger partial charge < -0.3 is 11.1 Å². The van der Waals surface area contributed by atoms with Gasteiger partial charge in [0.15, 0.2) is 5.11 Å². The van der Waals surface area contributed by atoms with Gasteiger partial charge in [-0.2, -0.15) is 5.26 Å². The molecular weight excluding hydrogens is 326 g/mol. The molecule has 23 heavy (non-hydrogen) atoms. The molecule has 1 fully saturated rings. The highest BCUT2D eigenvalue weighted by molar-refractivity contribution is 7.80. The smallest absolute Gasteiger partial charge is 0.178 e. The Balaban J connectivity index is 1.86. The van der Waals surface area contributed by atoms with Crippen LogP contribution in [0.1, 0.15) is 60.9 Å². The number of thiocarbonyl (C=S) groups is 1. The van der Waals surface area contributed by atoms with Crippen LogP contribution in [0.15, 0.2) is 0 Å². The van der Waals surface area contributed by atoms with E-state index in [1.807, 2.05) is 0 Å². The fourth-order valence-corrected chi connectivity index (χ4v) is 5.00. The number of aryl methyl sites for hydroxylation is 1. The summed E-state index contributed by atoms with van der Waals surface area (Å²) in [6.07, 6.45) is 10.0. The monoisotopic (exact) mass is 349 g/mol. The highest BCUT2D eigenvalue weighted by Gasteiger charge is 2.34. The van der Waals surface area contributed by atoms with Crippen LogP contribution in [-0.4, -0.2) is 10.8 Å². The maximum absolute atomic E-state index is 9.63. The summed E-state index contributed by atoms with van der Waals surface area (Å²) in [6, 6.07) is 2.42. The molecule has 0 spiro atoms. The molecule has 0 atom stereocenters. The van der Waals surface area contributed by atoms with Crippen molar-refractivity contribution in [3.05, 3.63) is 16.0 Å². The highest BCUT2D eigenvalue weighted by atomic mass is 32.1. The van der Waals surface area contributed by atoms with E-state index in [4.69, 9.17) is 18.0 Å². The van der Waals surface area contributed by atoms with E-state index in [0.29, 0.717) is 0 Å². The van der Waals surface area contributed by atoms with Crippen LogP contribution in [0.2, 0.25) is 0 Å². The summed E-state index contributed by atoms with van der Waals surface area (Å²) < 4.78 is 0. The summed E-state index contributed by atoms with van der Waals surface area (Å²) in [6.45, 7) is 0. The van der Waals surface area contributed by atoms with Gasteiger partial charge in [0.25, 0.3) is 0 Å². The first-order valence-corrected chi connectivity index (χ1v) is 9.51. The summed E-state index contributed by atoms with van der Waals surface area (Å²) in [5.41, 5.74) is 13.6. The van der Waals surface area contributed by atoms with Crippen LogP contribution in [0.25, 0.3) is 0 Å². The number of nitrogens with two attached hydrogens (primary N) is 1. The van der Waals surface area contributed by atoms with E-state index in [0.717, 1.165) is 49.1 Å². The summed E-state index contributed by atoms with van der Waals surface area (Å²) in [7, 11) is 0. The molecule has 2 aliphatic carbocycles. The molecule has 3 rings (SSSR count). The first-order valence-electron chi connectivity index (χ1n) is 8.29. The summed E-state index contributed by atoms with van der Waals surface area (Å²) >= 11 is 6.67. The third-order valence-corrected chi connectivity index (χ3v) is 6.08. The minimum absolute atomic E-state index is 0.239. The van der Waals surface area contributed by atoms with E-state index in [1.54, 1.807) is 11.3 Å². The minimum atomic E-state index is -0.291. The maximum atomic E-state index is 9.63. The Kier molecular flexibility index (Phi) is 5.05. The van der Waals surface area contributed by atoms with Gasteiger partial charge in [-0.15, -0.1) is 11.3 Å². The lowest BCUT2D eigenvalue weighted by molar-refractivity contribution is 0.253. The van der Waals surface area contributed by atoms with Crippen LogP contribution in [0.3, 0.4) is 0 Å². The number of anilines is 1. The number of nitrogens with one attached hydrogen (secondary N) is 3. The third-order valence-electron chi connectivity index (χ3n) is 4.77. The van der Waals surface area contributed by atoms with Gasteiger partial charge in [0, 0.05) is 4.88 Å². The van der Waals surface area contributed by atoms with Crippen molar-refractivity contribution >= 4 is 33.7 Å². The average Bonchev–Trinajstić information content (AvgIpc) is 2.90. The Bertz CT molecular complexity index is 625. The Labute approximate surface area is 146 Å². The number of nitrogens with zero attached hydrogens (tertiary/aromatic N) is 1. The Morgan fingerprint density at radius 1 is 1.17 bits per heavy atom. The molecule has 1 heterocycles. The first kappa shape index (κ1) is 16.5. The lowest BCUT2D eigenvalue weighted by Gasteiger charge is -2.39. The van der Waals surface area contributed by atoms with E-state index in [2.05, 4.69) is 22.2 Å². The van der Waals surface area contributed by atoms with Crippen molar-refractivity contribution in [2.24, 2.45) is 5.73 Å². The van der Waals surface area contributed by atoms with Gasteiger partial charge in [-0.3, -0.25) is 5.43 Å². The van der Waals surface area contributed by atoms with Gasteiger partial charge in [-0.1, -0.05) is 6.42 Å². The van der Waals surface area contributed by atoms with Crippen LogP contribution in [0.4, 0.5) is 5.00 Å². The summed E-state index contributed by atoms with van der Waals surface area (Å²) in [4.78, 5) is 1.38. The van der Waals surface area contributed by atoms with Crippen LogP contribution in [0.5, 0.6) is 0 Å². The van der Waals surface area contributed by atoms with Crippen LogP contribution in [-0.2, 0) is 12.8 Å². The number of hydrogen-bond donors (Lipinski definition) is 4. The fraction of sp³-hybridized carbons (Fsp3) is 0.625. The second-order valence-corrected chi connectivity index (χ2v) is 7.95. The van der Waals surface area contributed by atoms with Crippen molar-refractivity contribution in [1.82, 2.24) is 10.9 Å². The van der Waals surface area contributed by atoms with Crippen molar-refractivity contribution in [2.75, 3.05) is 5.32 Å². The molecule has 0 unspecified atom stereocenters. The molecule has 2 aliphatic rings. The largest absolute Gasteiger partial charge is 0.375 e. The second-order valence-electron chi connectivity index (χ2n) is 6.41. The Morgan fingerprint density at radius 2 is 1.91 bits per heavy atom. The lowest BCUT2D eigenvalue weighted by atomic mass is 9.89. The normalized spacial score (nSPS) is 19.4. The number of thiophene rings is 1. The molecule has 1 aromatic rings. The lowest BCUT2D eigenvalue weighted by Crippen LogP contribution is -2.60. The second kappa shape index (κ2) is 7.04. The topological polar surface area (TPSA) is 85.9 Å². The molecule has 0 saturated heterocycles. The van der Waals surface area contributed by atoms with Crippen LogP contribution < -0.4 is 21.9 Å². The molecule has 5 N–H and O–H groups in total. The SMILES string of the molecule is N#Cc1c(NC2(NNC(N)=S)CCCCC2)sc2c1CCCC2. The van der Waals surface area contributed by atoms with Crippen LogP contribution >= 0.6 is 23.6 Å². The summed E-state index contributed by atoms with van der Waals surface area (Å²) in [5.74, 6) is 0. The van der Waals surface area contributed by atoms with Gasteiger partial charge in [0.05, 0.1) is 5.56 Å². The molecule has 1 aromatic heterocycles. The standard InChI is InChI=1S/C16H23N5S2/c17-10-12-11-6-2-3-7-13(11)23-14(12)19-16(21-20-15(18)22)8-4-1-5-9-16/h19,21H,1-9H2,(H3,18,20,22).